The minimum absolute atomic E-state index is 0.0470. The number of carboxylic acid groups (broad SMARTS) is 1. The van der Waals surface area contributed by atoms with E-state index in [1.807, 2.05) is 6.07 Å². The van der Waals surface area contributed by atoms with Crippen molar-refractivity contribution < 1.29 is 19.4 Å². The topological polar surface area (TPSA) is 66.8 Å². The average Bonchev–Trinajstić information content (AvgIpc) is 2.55. The Labute approximate surface area is 128 Å². The molecule has 1 aromatic carbocycles. The molecule has 6 heteroatoms. The second-order valence-electron chi connectivity index (χ2n) is 5.18. The smallest absolute Gasteiger partial charge is 0.303 e. The molecule has 0 aromatic heterocycles. The highest BCUT2D eigenvalue weighted by molar-refractivity contribution is 6.32. The van der Waals surface area contributed by atoms with Gasteiger partial charge < -0.3 is 14.7 Å². The SMILES string of the molecule is COc1cc2c(cc1Cl)CCN(C)C(=O)C2CCC(=O)O. The number of carboxylic acids is 1. The molecule has 1 aliphatic heterocycles. The lowest BCUT2D eigenvalue weighted by Gasteiger charge is -2.21. The van der Waals surface area contributed by atoms with E-state index in [4.69, 9.17) is 21.4 Å². The van der Waals surface area contributed by atoms with Crippen molar-refractivity contribution in [3.8, 4) is 5.75 Å². The van der Waals surface area contributed by atoms with E-state index in [2.05, 4.69) is 0 Å². The maximum absolute atomic E-state index is 12.5. The van der Waals surface area contributed by atoms with Gasteiger partial charge in [0, 0.05) is 20.0 Å². The van der Waals surface area contributed by atoms with E-state index in [1.54, 1.807) is 18.0 Å². The summed E-state index contributed by atoms with van der Waals surface area (Å²) in [6.07, 6.45) is 0.926. The maximum Gasteiger partial charge on any atom is 0.303 e. The molecule has 1 unspecified atom stereocenters. The van der Waals surface area contributed by atoms with E-state index >= 15 is 0 Å². The van der Waals surface area contributed by atoms with Crippen LogP contribution in [0, 0.1) is 0 Å². The summed E-state index contributed by atoms with van der Waals surface area (Å²) in [5.74, 6) is -0.917. The lowest BCUT2D eigenvalue weighted by atomic mass is 9.89. The Morgan fingerprint density at radius 2 is 2.24 bits per heavy atom. The first-order valence-electron chi connectivity index (χ1n) is 6.77. The van der Waals surface area contributed by atoms with E-state index < -0.39 is 11.9 Å². The first kappa shape index (κ1) is 15.6. The molecular weight excluding hydrogens is 294 g/mol. The minimum Gasteiger partial charge on any atom is -0.495 e. The summed E-state index contributed by atoms with van der Waals surface area (Å²) in [7, 11) is 3.26. The van der Waals surface area contributed by atoms with Crippen LogP contribution in [0.3, 0.4) is 0 Å². The number of aliphatic carboxylic acids is 1. The molecule has 21 heavy (non-hydrogen) atoms. The number of benzene rings is 1. The summed E-state index contributed by atoms with van der Waals surface area (Å²) in [4.78, 5) is 24.9. The van der Waals surface area contributed by atoms with Crippen molar-refractivity contribution in [2.75, 3.05) is 20.7 Å². The molecule has 114 valence electrons. The van der Waals surface area contributed by atoms with Gasteiger partial charge in [-0.2, -0.15) is 0 Å². The zero-order chi connectivity index (χ0) is 15.6. The molecule has 0 bridgehead atoms. The highest BCUT2D eigenvalue weighted by Crippen LogP contribution is 2.36. The molecule has 0 saturated carbocycles. The van der Waals surface area contributed by atoms with Crippen LogP contribution in [0.25, 0.3) is 0 Å². The number of amides is 1. The molecule has 1 heterocycles. The number of carbonyl (C=O) groups excluding carboxylic acids is 1. The molecule has 5 nitrogen and oxygen atoms in total. The van der Waals surface area contributed by atoms with E-state index in [0.717, 1.165) is 11.1 Å². The molecule has 0 fully saturated rings. The standard InChI is InChI=1S/C15H18ClNO4/c1-17-6-5-9-7-12(16)13(21-2)8-11(9)10(15(17)20)3-4-14(18)19/h7-8,10H,3-6H2,1-2H3,(H,18,19). The molecule has 1 N–H and O–H groups in total. The number of hydrogen-bond acceptors (Lipinski definition) is 3. The van der Waals surface area contributed by atoms with Gasteiger partial charge in [-0.3, -0.25) is 9.59 Å². The van der Waals surface area contributed by atoms with Crippen LogP contribution in [0.1, 0.15) is 29.9 Å². The molecular formula is C15H18ClNO4. The highest BCUT2D eigenvalue weighted by atomic mass is 35.5. The Balaban J connectivity index is 2.45. The highest BCUT2D eigenvalue weighted by Gasteiger charge is 2.30. The normalized spacial score (nSPS) is 18.1. The second-order valence-corrected chi connectivity index (χ2v) is 5.59. The average molecular weight is 312 g/mol. The minimum atomic E-state index is -0.905. The molecule has 0 saturated heterocycles. The van der Waals surface area contributed by atoms with Gasteiger partial charge in [0.15, 0.2) is 0 Å². The number of halogens is 1. The van der Waals surface area contributed by atoms with Crippen LogP contribution >= 0.6 is 11.6 Å². The second kappa shape index (κ2) is 6.35. The van der Waals surface area contributed by atoms with Gasteiger partial charge in [0.25, 0.3) is 0 Å². The van der Waals surface area contributed by atoms with E-state index in [0.29, 0.717) is 23.7 Å². The van der Waals surface area contributed by atoms with Crippen molar-refractivity contribution in [3.05, 3.63) is 28.3 Å². The predicted molar refractivity (Wildman–Crippen MR) is 79.0 cm³/mol. The summed E-state index contributed by atoms with van der Waals surface area (Å²) in [5, 5.41) is 9.39. The summed E-state index contributed by atoms with van der Waals surface area (Å²) in [6.45, 7) is 0.595. The van der Waals surface area contributed by atoms with E-state index in [-0.39, 0.29) is 18.7 Å². The molecule has 0 aliphatic carbocycles. The third kappa shape index (κ3) is 3.29. The van der Waals surface area contributed by atoms with Crippen molar-refractivity contribution in [2.24, 2.45) is 0 Å². The monoisotopic (exact) mass is 311 g/mol. The van der Waals surface area contributed by atoms with Crippen LogP contribution in [-0.2, 0) is 16.0 Å². The fourth-order valence-electron chi connectivity index (χ4n) is 2.65. The van der Waals surface area contributed by atoms with Crippen molar-refractivity contribution in [2.45, 2.75) is 25.2 Å². The maximum atomic E-state index is 12.5. The fraction of sp³-hybridized carbons (Fsp3) is 0.467. The zero-order valence-corrected chi connectivity index (χ0v) is 12.8. The quantitative estimate of drug-likeness (QED) is 0.926. The number of likely N-dealkylation sites (N-methyl/N-ethyl adjacent to an activating group) is 1. The van der Waals surface area contributed by atoms with Gasteiger partial charge in [-0.1, -0.05) is 11.6 Å². The lowest BCUT2D eigenvalue weighted by Crippen LogP contribution is -2.31. The van der Waals surface area contributed by atoms with Crippen molar-refractivity contribution in [3.63, 3.8) is 0 Å². The van der Waals surface area contributed by atoms with Crippen LogP contribution in [0.4, 0.5) is 0 Å². The van der Waals surface area contributed by atoms with Crippen molar-refractivity contribution in [1.29, 1.82) is 0 Å². The van der Waals surface area contributed by atoms with Crippen molar-refractivity contribution >= 4 is 23.5 Å². The predicted octanol–water partition coefficient (Wildman–Crippen LogP) is 2.31. The summed E-state index contributed by atoms with van der Waals surface area (Å²) >= 11 is 6.14. The van der Waals surface area contributed by atoms with Gasteiger partial charge in [0.1, 0.15) is 5.75 Å². The molecule has 1 atom stereocenters. The largest absolute Gasteiger partial charge is 0.495 e. The van der Waals surface area contributed by atoms with Crippen LogP contribution < -0.4 is 4.74 Å². The van der Waals surface area contributed by atoms with Crippen molar-refractivity contribution in [1.82, 2.24) is 4.90 Å². The Hall–Kier alpha value is -1.75. The molecule has 0 radical (unpaired) electrons. The van der Waals surface area contributed by atoms with Gasteiger partial charge in [0.2, 0.25) is 5.91 Å². The van der Waals surface area contributed by atoms with Gasteiger partial charge in [-0.25, -0.2) is 0 Å². The van der Waals surface area contributed by atoms with Crippen LogP contribution in [0.5, 0.6) is 5.75 Å². The van der Waals surface area contributed by atoms with E-state index in [9.17, 15) is 9.59 Å². The number of methoxy groups -OCH3 is 1. The summed E-state index contributed by atoms with van der Waals surface area (Å²) < 4.78 is 5.21. The van der Waals surface area contributed by atoms with E-state index in [1.165, 1.54) is 7.11 Å². The Bertz CT molecular complexity index is 573. The number of carbonyl (C=O) groups is 2. The number of nitrogens with zero attached hydrogens (tertiary/aromatic N) is 1. The molecule has 2 rings (SSSR count). The first-order valence-corrected chi connectivity index (χ1v) is 7.15. The van der Waals surface area contributed by atoms with Crippen LogP contribution in [0.2, 0.25) is 5.02 Å². The van der Waals surface area contributed by atoms with Crippen LogP contribution in [0.15, 0.2) is 12.1 Å². The number of ether oxygens (including phenoxy) is 1. The van der Waals surface area contributed by atoms with Crippen LogP contribution in [-0.4, -0.2) is 42.6 Å². The summed E-state index contributed by atoms with van der Waals surface area (Å²) in [5.41, 5.74) is 1.81. The summed E-state index contributed by atoms with van der Waals surface area (Å²) in [6, 6.07) is 3.58. The Kier molecular flexibility index (Phi) is 4.73. The molecule has 0 spiro atoms. The number of fused-ring (bicyclic) bond motifs is 1. The Morgan fingerprint density at radius 1 is 1.52 bits per heavy atom. The number of hydrogen-bond donors (Lipinski definition) is 1. The first-order chi connectivity index (χ1) is 9.93. The Morgan fingerprint density at radius 3 is 2.86 bits per heavy atom. The fourth-order valence-corrected chi connectivity index (χ4v) is 2.92. The third-order valence-corrected chi connectivity index (χ3v) is 4.12. The van der Waals surface area contributed by atoms with Gasteiger partial charge in [-0.15, -0.1) is 0 Å². The third-order valence-electron chi connectivity index (χ3n) is 3.83. The van der Waals surface area contributed by atoms with Gasteiger partial charge >= 0.3 is 5.97 Å². The van der Waals surface area contributed by atoms with Gasteiger partial charge in [0.05, 0.1) is 18.1 Å². The molecule has 1 aliphatic rings. The molecule has 1 aromatic rings. The zero-order valence-electron chi connectivity index (χ0n) is 12.1. The van der Waals surface area contributed by atoms with Gasteiger partial charge in [-0.05, 0) is 36.1 Å². The lowest BCUT2D eigenvalue weighted by molar-refractivity contribution is -0.137. The molecule has 1 amide bonds. The number of rotatable bonds is 4.